The second kappa shape index (κ2) is 9.10. The zero-order valence-electron chi connectivity index (χ0n) is 16.3. The van der Waals surface area contributed by atoms with Gasteiger partial charge in [-0.1, -0.05) is 26.7 Å². The number of nitrogens with zero attached hydrogens (tertiary/aromatic N) is 5. The summed E-state index contributed by atoms with van der Waals surface area (Å²) in [5.41, 5.74) is 0. The first-order valence-electron chi connectivity index (χ1n) is 10.1. The van der Waals surface area contributed by atoms with Gasteiger partial charge in [-0.05, 0) is 18.8 Å². The van der Waals surface area contributed by atoms with Crippen molar-refractivity contribution in [3.05, 3.63) is 11.6 Å². The summed E-state index contributed by atoms with van der Waals surface area (Å²) < 4.78 is 8.32. The summed E-state index contributed by atoms with van der Waals surface area (Å²) in [5.74, 6) is 2.90. The number of piperazine rings is 1. The third kappa shape index (κ3) is 5.02. The van der Waals surface area contributed by atoms with E-state index in [4.69, 9.17) is 4.74 Å². The molecule has 2 aliphatic rings. The summed E-state index contributed by atoms with van der Waals surface area (Å²) in [6, 6.07) is 0. The molecular formula is C19H35N5O. The highest BCUT2D eigenvalue weighted by Gasteiger charge is 2.23. The van der Waals surface area contributed by atoms with E-state index in [1.54, 1.807) is 0 Å². The van der Waals surface area contributed by atoms with Gasteiger partial charge < -0.3 is 9.30 Å². The number of aryl methyl sites for hydroxylation is 1. The van der Waals surface area contributed by atoms with Crippen LogP contribution in [0.1, 0.15) is 51.2 Å². The summed E-state index contributed by atoms with van der Waals surface area (Å²) in [6.45, 7) is 11.8. The summed E-state index contributed by atoms with van der Waals surface area (Å²) in [5, 5.41) is 8.61. The quantitative estimate of drug-likeness (QED) is 0.754. The molecule has 0 radical (unpaired) electrons. The first-order valence-corrected chi connectivity index (χ1v) is 10.1. The van der Waals surface area contributed by atoms with Crippen molar-refractivity contribution in [1.29, 1.82) is 0 Å². The molecule has 0 bridgehead atoms. The van der Waals surface area contributed by atoms with Crippen molar-refractivity contribution in [2.45, 2.75) is 58.6 Å². The average Bonchev–Trinajstić information content (AvgIpc) is 2.98. The first kappa shape index (κ1) is 18.8. The van der Waals surface area contributed by atoms with Crippen LogP contribution < -0.4 is 0 Å². The van der Waals surface area contributed by atoms with Gasteiger partial charge in [0.15, 0.2) is 0 Å². The van der Waals surface area contributed by atoms with Crippen molar-refractivity contribution in [2.24, 2.45) is 13.0 Å². The molecule has 1 aliphatic carbocycles. The van der Waals surface area contributed by atoms with Gasteiger partial charge in [-0.2, -0.15) is 0 Å². The molecule has 1 aliphatic heterocycles. The Morgan fingerprint density at radius 1 is 1.00 bits per heavy atom. The van der Waals surface area contributed by atoms with Crippen LogP contribution in [0.4, 0.5) is 0 Å². The van der Waals surface area contributed by atoms with Gasteiger partial charge >= 0.3 is 0 Å². The Labute approximate surface area is 152 Å². The topological polar surface area (TPSA) is 46.4 Å². The number of rotatable bonds is 7. The van der Waals surface area contributed by atoms with Gasteiger partial charge in [-0.3, -0.25) is 9.80 Å². The van der Waals surface area contributed by atoms with E-state index in [1.165, 1.54) is 25.7 Å². The maximum atomic E-state index is 6.17. The van der Waals surface area contributed by atoms with E-state index in [2.05, 4.69) is 45.5 Å². The molecule has 2 atom stereocenters. The largest absolute Gasteiger partial charge is 0.377 e. The highest BCUT2D eigenvalue weighted by Crippen LogP contribution is 2.26. The van der Waals surface area contributed by atoms with E-state index in [1.807, 2.05) is 0 Å². The molecule has 1 saturated carbocycles. The van der Waals surface area contributed by atoms with Crippen molar-refractivity contribution in [3.8, 4) is 0 Å². The molecule has 0 spiro atoms. The maximum absolute atomic E-state index is 6.17. The van der Waals surface area contributed by atoms with Crippen LogP contribution in [0.3, 0.4) is 0 Å². The molecule has 1 saturated heterocycles. The Morgan fingerprint density at radius 2 is 1.68 bits per heavy atom. The monoisotopic (exact) mass is 349 g/mol. The van der Waals surface area contributed by atoms with Crippen LogP contribution in [0.15, 0.2) is 0 Å². The summed E-state index contributed by atoms with van der Waals surface area (Å²) in [4.78, 5) is 5.03. The minimum Gasteiger partial charge on any atom is -0.377 e. The standard InChI is InChI=1S/C19H35N5O/c1-4-18-20-21-19(22(18)3)15-24-11-9-23(10-12-24)13-14-25-17-8-6-5-7-16(17)2/h16-17H,4-15H2,1-3H3/t16-,17-/m0/s1. The molecule has 6 nitrogen and oxygen atoms in total. The SMILES string of the molecule is CCc1nnc(CN2CCN(CCO[C@H]3CCCC[C@@H]3C)CC2)n1C. The third-order valence-corrected chi connectivity index (χ3v) is 5.97. The Kier molecular flexibility index (Phi) is 6.84. The molecule has 25 heavy (non-hydrogen) atoms. The molecule has 0 aromatic carbocycles. The van der Waals surface area contributed by atoms with Gasteiger partial charge in [-0.15, -0.1) is 10.2 Å². The van der Waals surface area contributed by atoms with Crippen molar-refractivity contribution in [3.63, 3.8) is 0 Å². The van der Waals surface area contributed by atoms with E-state index >= 15 is 0 Å². The first-order chi connectivity index (χ1) is 12.2. The fourth-order valence-electron chi connectivity index (χ4n) is 4.08. The van der Waals surface area contributed by atoms with Crippen LogP contribution in [0.2, 0.25) is 0 Å². The lowest BCUT2D eigenvalue weighted by Crippen LogP contribution is -2.47. The lowest BCUT2D eigenvalue weighted by molar-refractivity contribution is -0.0183. The van der Waals surface area contributed by atoms with Gasteiger partial charge in [0.05, 0.1) is 19.3 Å². The lowest BCUT2D eigenvalue weighted by atomic mass is 9.88. The van der Waals surface area contributed by atoms with Crippen molar-refractivity contribution >= 4 is 0 Å². The number of aromatic nitrogens is 3. The predicted molar refractivity (Wildman–Crippen MR) is 99.5 cm³/mol. The third-order valence-electron chi connectivity index (χ3n) is 5.97. The van der Waals surface area contributed by atoms with E-state index < -0.39 is 0 Å². The normalized spacial score (nSPS) is 26.2. The molecule has 142 valence electrons. The lowest BCUT2D eigenvalue weighted by Gasteiger charge is -2.35. The highest BCUT2D eigenvalue weighted by atomic mass is 16.5. The number of ether oxygens (including phenoxy) is 1. The fraction of sp³-hybridized carbons (Fsp3) is 0.895. The molecule has 0 N–H and O–H groups in total. The molecule has 3 rings (SSSR count). The smallest absolute Gasteiger partial charge is 0.146 e. The Morgan fingerprint density at radius 3 is 2.36 bits per heavy atom. The van der Waals surface area contributed by atoms with Gasteiger partial charge in [0.25, 0.3) is 0 Å². The summed E-state index contributed by atoms with van der Waals surface area (Å²) >= 11 is 0. The van der Waals surface area contributed by atoms with E-state index in [9.17, 15) is 0 Å². The second-order valence-electron chi connectivity index (χ2n) is 7.73. The van der Waals surface area contributed by atoms with Crippen molar-refractivity contribution in [2.75, 3.05) is 39.3 Å². The van der Waals surface area contributed by atoms with Crippen LogP contribution in [-0.4, -0.2) is 70.0 Å². The average molecular weight is 350 g/mol. The van der Waals surface area contributed by atoms with E-state index in [0.29, 0.717) is 6.10 Å². The zero-order chi connectivity index (χ0) is 17.6. The predicted octanol–water partition coefficient (Wildman–Crippen LogP) is 2.09. The van der Waals surface area contributed by atoms with Crippen molar-refractivity contribution < 1.29 is 4.74 Å². The molecule has 1 aromatic rings. The summed E-state index contributed by atoms with van der Waals surface area (Å²) in [7, 11) is 2.08. The minimum absolute atomic E-state index is 0.499. The fourth-order valence-corrected chi connectivity index (χ4v) is 4.08. The van der Waals surface area contributed by atoms with Gasteiger partial charge in [0, 0.05) is 46.2 Å². The molecular weight excluding hydrogens is 314 g/mol. The second-order valence-corrected chi connectivity index (χ2v) is 7.73. The number of hydrogen-bond donors (Lipinski definition) is 0. The highest BCUT2D eigenvalue weighted by molar-refractivity contribution is 4.95. The zero-order valence-corrected chi connectivity index (χ0v) is 16.3. The van der Waals surface area contributed by atoms with Crippen LogP contribution in [0.5, 0.6) is 0 Å². The Hall–Kier alpha value is -0.980. The number of hydrogen-bond acceptors (Lipinski definition) is 5. The van der Waals surface area contributed by atoms with E-state index in [0.717, 1.165) is 69.9 Å². The van der Waals surface area contributed by atoms with Crippen LogP contribution >= 0.6 is 0 Å². The van der Waals surface area contributed by atoms with Crippen LogP contribution in [0, 0.1) is 5.92 Å². The van der Waals surface area contributed by atoms with E-state index in [-0.39, 0.29) is 0 Å². The van der Waals surface area contributed by atoms with Gasteiger partial charge in [-0.25, -0.2) is 0 Å². The molecule has 2 heterocycles. The molecule has 2 fully saturated rings. The Bertz CT molecular complexity index is 524. The van der Waals surface area contributed by atoms with Crippen molar-refractivity contribution in [1.82, 2.24) is 24.6 Å². The van der Waals surface area contributed by atoms with Gasteiger partial charge in [0.2, 0.25) is 0 Å². The maximum Gasteiger partial charge on any atom is 0.146 e. The molecule has 0 unspecified atom stereocenters. The molecule has 1 aromatic heterocycles. The summed E-state index contributed by atoms with van der Waals surface area (Å²) in [6.07, 6.45) is 6.76. The van der Waals surface area contributed by atoms with Gasteiger partial charge in [0.1, 0.15) is 11.6 Å². The minimum atomic E-state index is 0.499. The Balaban J connectivity index is 1.35. The molecule has 6 heteroatoms. The van der Waals surface area contributed by atoms with Crippen LogP contribution in [-0.2, 0) is 24.8 Å². The molecule has 0 amide bonds. The van der Waals surface area contributed by atoms with Crippen LogP contribution in [0.25, 0.3) is 0 Å².